The van der Waals surface area contributed by atoms with Crippen LogP contribution >= 0.6 is 24.0 Å². The van der Waals surface area contributed by atoms with Gasteiger partial charge < -0.3 is 9.64 Å². The van der Waals surface area contributed by atoms with E-state index in [1.54, 1.807) is 18.2 Å². The van der Waals surface area contributed by atoms with Crippen LogP contribution in [0.2, 0.25) is 0 Å². The van der Waals surface area contributed by atoms with Crippen LogP contribution < -0.4 is 10.3 Å². The van der Waals surface area contributed by atoms with Gasteiger partial charge in [-0.3, -0.25) is 25.1 Å². The van der Waals surface area contributed by atoms with Gasteiger partial charge in [-0.05, 0) is 86.2 Å². The fourth-order valence-corrected chi connectivity index (χ4v) is 8.35. The van der Waals surface area contributed by atoms with Gasteiger partial charge in [0, 0.05) is 19.2 Å². The van der Waals surface area contributed by atoms with Crippen molar-refractivity contribution >= 4 is 57.6 Å². The molecule has 6 fully saturated rings. The monoisotopic (exact) mass is 528 g/mol. The Morgan fingerprint density at radius 1 is 1.17 bits per heavy atom. The Kier molecular flexibility index (Phi) is 6.04. The lowest BCUT2D eigenvalue weighted by molar-refractivity contribution is -0.384. The molecule has 1 aromatic rings. The minimum atomic E-state index is -0.404. The van der Waals surface area contributed by atoms with Crippen LogP contribution in [0.15, 0.2) is 23.1 Å². The quantitative estimate of drug-likeness (QED) is 0.266. The molecule has 0 atom stereocenters. The van der Waals surface area contributed by atoms with Gasteiger partial charge in [0.1, 0.15) is 5.69 Å². The molecule has 36 heavy (non-hydrogen) atoms. The third-order valence-electron chi connectivity index (χ3n) is 8.37. The first-order valence-corrected chi connectivity index (χ1v) is 13.7. The highest BCUT2D eigenvalue weighted by molar-refractivity contribution is 8.26. The Morgan fingerprint density at radius 2 is 1.81 bits per heavy atom. The van der Waals surface area contributed by atoms with Crippen LogP contribution in [0.4, 0.5) is 11.4 Å². The van der Waals surface area contributed by atoms with Crippen LogP contribution in [0.5, 0.6) is 0 Å². The molecule has 2 saturated heterocycles. The van der Waals surface area contributed by atoms with Gasteiger partial charge in [-0.2, -0.15) is 5.01 Å². The first-order valence-electron chi connectivity index (χ1n) is 12.5. The molecule has 7 rings (SSSR count). The number of amides is 2. The largest absolute Gasteiger partial charge is 0.378 e. The highest BCUT2D eigenvalue weighted by Gasteiger charge is 2.55. The molecule has 0 unspecified atom stereocenters. The smallest absolute Gasteiger partial charge is 0.293 e. The molecule has 4 bridgehead atoms. The number of ether oxygens (including phenoxy) is 1. The van der Waals surface area contributed by atoms with Crippen LogP contribution in [-0.4, -0.2) is 52.4 Å². The maximum absolute atomic E-state index is 13.4. The highest BCUT2D eigenvalue weighted by atomic mass is 32.2. The Balaban J connectivity index is 1.20. The molecule has 4 saturated carbocycles. The summed E-state index contributed by atoms with van der Waals surface area (Å²) in [5.74, 6) is 1.35. The van der Waals surface area contributed by atoms with E-state index in [0.29, 0.717) is 60.2 Å². The molecule has 0 radical (unpaired) electrons. The van der Waals surface area contributed by atoms with E-state index in [9.17, 15) is 19.7 Å². The second-order valence-corrected chi connectivity index (χ2v) is 12.4. The molecule has 0 aromatic heterocycles. The van der Waals surface area contributed by atoms with Crippen LogP contribution in [0.3, 0.4) is 0 Å². The lowest BCUT2D eigenvalue weighted by Gasteiger charge is -2.55. The second kappa shape index (κ2) is 9.11. The first kappa shape index (κ1) is 23.9. The molecule has 2 amide bonds. The number of benzene rings is 1. The maximum Gasteiger partial charge on any atom is 0.293 e. The maximum atomic E-state index is 13.4. The number of nitro benzene ring substituents is 1. The number of carbonyl (C=O) groups excluding carboxylic acids is 2. The van der Waals surface area contributed by atoms with Gasteiger partial charge in [0.25, 0.3) is 11.6 Å². The summed E-state index contributed by atoms with van der Waals surface area (Å²) in [4.78, 5) is 40.3. The molecule has 1 N–H and O–H groups in total. The van der Waals surface area contributed by atoms with Crippen LogP contribution in [0, 0.1) is 33.3 Å². The molecule has 1 aromatic carbocycles. The van der Waals surface area contributed by atoms with E-state index in [2.05, 4.69) is 5.43 Å². The van der Waals surface area contributed by atoms with Gasteiger partial charge >= 0.3 is 0 Å². The zero-order valence-corrected chi connectivity index (χ0v) is 21.4. The minimum absolute atomic E-state index is 0.0174. The number of thiocarbonyl (C=S) groups is 1. The van der Waals surface area contributed by atoms with E-state index in [4.69, 9.17) is 17.0 Å². The average molecular weight is 529 g/mol. The normalized spacial score (nSPS) is 32.4. The standard InChI is InChI=1S/C25H28N4O5S2/c30-22-21(11-15-1-2-19(20(10-15)29(32)33)27-3-5-34-6-4-27)36-24(35)28(22)26-23(31)25-12-16-7-17(13-25)9-18(8-16)14-25/h1-2,10-11,16-18H,3-9,12-14H2,(H,26,31)/b21-11-. The highest BCUT2D eigenvalue weighted by Crippen LogP contribution is 2.60. The van der Waals surface area contributed by atoms with E-state index in [-0.39, 0.29) is 15.9 Å². The zero-order chi connectivity index (χ0) is 25.0. The summed E-state index contributed by atoms with van der Waals surface area (Å²) in [6.45, 7) is 2.22. The van der Waals surface area contributed by atoms with E-state index in [1.165, 1.54) is 30.3 Å². The fourth-order valence-electron chi connectivity index (χ4n) is 7.17. The topological polar surface area (TPSA) is 105 Å². The van der Waals surface area contributed by atoms with Crippen molar-refractivity contribution in [3.05, 3.63) is 38.8 Å². The van der Waals surface area contributed by atoms with Crippen LogP contribution in [-0.2, 0) is 14.3 Å². The van der Waals surface area contributed by atoms with Crippen molar-refractivity contribution in [1.29, 1.82) is 0 Å². The molecule has 9 nitrogen and oxygen atoms in total. The van der Waals surface area contributed by atoms with Gasteiger partial charge in [0.15, 0.2) is 4.32 Å². The Hall–Kier alpha value is -2.50. The molecule has 0 spiro atoms. The first-order chi connectivity index (χ1) is 17.3. The van der Waals surface area contributed by atoms with Crippen molar-refractivity contribution in [1.82, 2.24) is 10.4 Å². The lowest BCUT2D eigenvalue weighted by Crippen LogP contribution is -2.57. The summed E-state index contributed by atoms with van der Waals surface area (Å²) < 4.78 is 5.62. The fraction of sp³-hybridized carbons (Fsp3) is 0.560. The van der Waals surface area contributed by atoms with Crippen molar-refractivity contribution < 1.29 is 19.2 Å². The van der Waals surface area contributed by atoms with Gasteiger partial charge in [-0.25, -0.2) is 0 Å². The number of hydrogen-bond donors (Lipinski definition) is 1. The molecule has 190 valence electrons. The number of nitrogens with zero attached hydrogens (tertiary/aromatic N) is 3. The van der Waals surface area contributed by atoms with Crippen LogP contribution in [0.1, 0.15) is 44.1 Å². The van der Waals surface area contributed by atoms with E-state index >= 15 is 0 Å². The van der Waals surface area contributed by atoms with Crippen molar-refractivity contribution in [2.45, 2.75) is 38.5 Å². The number of carbonyl (C=O) groups is 2. The number of nitro groups is 1. The summed E-state index contributed by atoms with van der Waals surface area (Å²) in [5, 5.41) is 13.0. The predicted molar refractivity (Wildman–Crippen MR) is 140 cm³/mol. The Morgan fingerprint density at radius 3 is 2.42 bits per heavy atom. The lowest BCUT2D eigenvalue weighted by atomic mass is 9.49. The Bertz CT molecular complexity index is 1140. The van der Waals surface area contributed by atoms with Gasteiger partial charge in [-0.1, -0.05) is 17.8 Å². The van der Waals surface area contributed by atoms with Gasteiger partial charge in [-0.15, -0.1) is 0 Å². The predicted octanol–water partition coefficient (Wildman–Crippen LogP) is 3.88. The van der Waals surface area contributed by atoms with E-state index < -0.39 is 16.2 Å². The molecular formula is C25H28N4O5S2. The number of hydrazine groups is 1. The SMILES string of the molecule is O=C1/C(=C/c2ccc(N3CCOCC3)c([N+](=O)[O-])c2)SC(=S)N1NC(=O)C12CC3CC(CC(C3)C1)C2. The summed E-state index contributed by atoms with van der Waals surface area (Å²) >= 11 is 6.53. The van der Waals surface area contributed by atoms with E-state index in [0.717, 1.165) is 31.0 Å². The molecule has 6 aliphatic rings. The number of anilines is 1. The number of nitrogens with one attached hydrogen (secondary N) is 1. The van der Waals surface area contributed by atoms with Crippen molar-refractivity contribution in [3.8, 4) is 0 Å². The summed E-state index contributed by atoms with van der Waals surface area (Å²) in [7, 11) is 0. The number of morpholine rings is 1. The van der Waals surface area contributed by atoms with Crippen molar-refractivity contribution in [2.75, 3.05) is 31.2 Å². The van der Waals surface area contributed by atoms with Crippen molar-refractivity contribution in [3.63, 3.8) is 0 Å². The van der Waals surface area contributed by atoms with E-state index in [1.807, 2.05) is 4.90 Å². The zero-order valence-electron chi connectivity index (χ0n) is 19.8. The van der Waals surface area contributed by atoms with Crippen LogP contribution in [0.25, 0.3) is 6.08 Å². The molecular weight excluding hydrogens is 500 g/mol. The third kappa shape index (κ3) is 4.20. The third-order valence-corrected chi connectivity index (χ3v) is 9.67. The summed E-state index contributed by atoms with van der Waals surface area (Å²) in [6, 6.07) is 4.95. The molecule has 11 heteroatoms. The molecule has 2 aliphatic heterocycles. The Labute approximate surface area is 218 Å². The average Bonchev–Trinajstić information content (AvgIpc) is 3.11. The van der Waals surface area contributed by atoms with Gasteiger partial charge in [0.2, 0.25) is 5.91 Å². The second-order valence-electron chi connectivity index (χ2n) is 10.8. The molecule has 4 aliphatic carbocycles. The number of rotatable bonds is 5. The van der Waals surface area contributed by atoms with Gasteiger partial charge in [0.05, 0.1) is 28.5 Å². The minimum Gasteiger partial charge on any atom is -0.378 e. The van der Waals surface area contributed by atoms with Crippen molar-refractivity contribution in [2.24, 2.45) is 23.2 Å². The summed E-state index contributed by atoms with van der Waals surface area (Å²) in [5.41, 5.74) is 3.51. The number of thioether (sulfide) groups is 1. The number of hydrogen-bond acceptors (Lipinski definition) is 8. The summed E-state index contributed by atoms with van der Waals surface area (Å²) in [6.07, 6.45) is 7.98. The molecule has 2 heterocycles.